The largest absolute Gasteiger partial charge is 0.351 e. The Kier molecular flexibility index (Phi) is 4.78. The van der Waals surface area contributed by atoms with Crippen LogP contribution in [0.2, 0.25) is 0 Å². The lowest BCUT2D eigenvalue weighted by Crippen LogP contribution is -2.60. The number of piperidine rings is 1. The van der Waals surface area contributed by atoms with Gasteiger partial charge in [0.25, 0.3) is 0 Å². The molecule has 1 heterocycles. The summed E-state index contributed by atoms with van der Waals surface area (Å²) in [6.07, 6.45) is 8.26. The summed E-state index contributed by atoms with van der Waals surface area (Å²) in [4.78, 5) is 12.7. The van der Waals surface area contributed by atoms with Gasteiger partial charge in [0.05, 0.1) is 5.54 Å². The first kappa shape index (κ1) is 15.8. The lowest BCUT2D eigenvalue weighted by Gasteiger charge is -2.43. The highest BCUT2D eigenvalue weighted by atomic mass is 16.2. The van der Waals surface area contributed by atoms with Crippen LogP contribution >= 0.6 is 0 Å². The van der Waals surface area contributed by atoms with E-state index in [0.29, 0.717) is 12.0 Å². The third kappa shape index (κ3) is 3.55. The number of carbonyl (C=O) groups is 1. The second-order valence-corrected chi connectivity index (χ2v) is 8.05. The van der Waals surface area contributed by atoms with E-state index in [1.165, 1.54) is 25.7 Å². The first-order valence-corrected chi connectivity index (χ1v) is 8.39. The van der Waals surface area contributed by atoms with E-state index in [1.54, 1.807) is 0 Å². The highest BCUT2D eigenvalue weighted by molar-refractivity contribution is 5.86. The Hall–Kier alpha value is -0.570. The molecule has 3 nitrogen and oxygen atoms in total. The topological polar surface area (TPSA) is 41.1 Å². The van der Waals surface area contributed by atoms with Crippen LogP contribution < -0.4 is 10.6 Å². The third-order valence-corrected chi connectivity index (χ3v) is 5.31. The molecule has 2 N–H and O–H groups in total. The predicted molar refractivity (Wildman–Crippen MR) is 83.6 cm³/mol. The molecule has 1 aliphatic carbocycles. The standard InChI is InChI=1S/C17H32N2O/c1-16(2,3)13-9-5-6-10-14(13)19-15(20)17(4)11-7-8-12-18-17/h13-14,18H,5-12H2,1-4H3,(H,19,20). The average Bonchev–Trinajstić information content (AvgIpc) is 2.39. The van der Waals surface area contributed by atoms with Crippen LogP contribution in [0.5, 0.6) is 0 Å². The van der Waals surface area contributed by atoms with E-state index in [2.05, 4.69) is 38.3 Å². The normalized spacial score (nSPS) is 35.6. The summed E-state index contributed by atoms with van der Waals surface area (Å²) in [7, 11) is 0. The molecule has 0 radical (unpaired) electrons. The first-order valence-electron chi connectivity index (χ1n) is 8.39. The average molecular weight is 280 g/mol. The quantitative estimate of drug-likeness (QED) is 0.815. The van der Waals surface area contributed by atoms with Crippen molar-refractivity contribution in [2.75, 3.05) is 6.54 Å². The van der Waals surface area contributed by atoms with Gasteiger partial charge in [-0.1, -0.05) is 33.6 Å². The van der Waals surface area contributed by atoms with Crippen molar-refractivity contribution in [2.24, 2.45) is 11.3 Å². The molecule has 0 spiro atoms. The van der Waals surface area contributed by atoms with Crippen LogP contribution in [0, 0.1) is 11.3 Å². The van der Waals surface area contributed by atoms with E-state index in [0.717, 1.165) is 25.8 Å². The number of amides is 1. The molecule has 116 valence electrons. The van der Waals surface area contributed by atoms with Crippen molar-refractivity contribution in [1.82, 2.24) is 10.6 Å². The highest BCUT2D eigenvalue weighted by Crippen LogP contribution is 2.38. The van der Waals surface area contributed by atoms with Gasteiger partial charge in [0.15, 0.2) is 0 Å². The minimum absolute atomic E-state index is 0.221. The van der Waals surface area contributed by atoms with Gasteiger partial charge in [-0.2, -0.15) is 0 Å². The van der Waals surface area contributed by atoms with Crippen molar-refractivity contribution in [2.45, 2.75) is 84.2 Å². The fraction of sp³-hybridized carbons (Fsp3) is 0.941. The Morgan fingerprint density at radius 1 is 1.15 bits per heavy atom. The molecule has 3 atom stereocenters. The van der Waals surface area contributed by atoms with Gasteiger partial charge in [-0.15, -0.1) is 0 Å². The molecule has 1 saturated carbocycles. The van der Waals surface area contributed by atoms with Crippen LogP contribution in [-0.2, 0) is 4.79 Å². The zero-order valence-electron chi connectivity index (χ0n) is 13.7. The Balaban J connectivity index is 2.01. The molecule has 2 aliphatic rings. The minimum Gasteiger partial charge on any atom is -0.351 e. The molecule has 0 bridgehead atoms. The summed E-state index contributed by atoms with van der Waals surface area (Å²) in [6, 6.07) is 0.358. The molecule has 2 fully saturated rings. The predicted octanol–water partition coefficient (Wildman–Crippen LogP) is 3.24. The molecule has 20 heavy (non-hydrogen) atoms. The van der Waals surface area contributed by atoms with Crippen molar-refractivity contribution in [3.8, 4) is 0 Å². The van der Waals surface area contributed by atoms with Crippen LogP contribution in [0.3, 0.4) is 0 Å². The lowest BCUT2D eigenvalue weighted by atomic mass is 9.69. The third-order valence-electron chi connectivity index (χ3n) is 5.31. The maximum Gasteiger partial charge on any atom is 0.240 e. The molecular weight excluding hydrogens is 248 g/mol. The Bertz CT molecular complexity index is 339. The summed E-state index contributed by atoms with van der Waals surface area (Å²) in [5, 5.41) is 6.81. The van der Waals surface area contributed by atoms with Crippen molar-refractivity contribution in [3.63, 3.8) is 0 Å². The maximum atomic E-state index is 12.7. The Morgan fingerprint density at radius 3 is 2.45 bits per heavy atom. The van der Waals surface area contributed by atoms with Gasteiger partial charge in [-0.3, -0.25) is 4.79 Å². The molecular formula is C17H32N2O. The Morgan fingerprint density at radius 2 is 1.85 bits per heavy atom. The molecule has 3 heteroatoms. The molecule has 0 aromatic rings. The molecule has 0 aromatic heterocycles. The first-order chi connectivity index (χ1) is 9.33. The van der Waals surface area contributed by atoms with Gasteiger partial charge < -0.3 is 10.6 Å². The zero-order chi connectivity index (χ0) is 14.8. The minimum atomic E-state index is -0.349. The van der Waals surface area contributed by atoms with Gasteiger partial charge in [-0.05, 0) is 56.9 Å². The zero-order valence-corrected chi connectivity index (χ0v) is 13.7. The molecule has 1 amide bonds. The number of rotatable bonds is 2. The number of nitrogens with one attached hydrogen (secondary N) is 2. The number of carbonyl (C=O) groups excluding carboxylic acids is 1. The van der Waals surface area contributed by atoms with Gasteiger partial charge in [0.1, 0.15) is 0 Å². The number of hydrogen-bond acceptors (Lipinski definition) is 2. The van der Waals surface area contributed by atoms with E-state index >= 15 is 0 Å². The molecule has 2 rings (SSSR count). The molecule has 3 unspecified atom stereocenters. The van der Waals surface area contributed by atoms with E-state index in [1.807, 2.05) is 0 Å². The van der Waals surface area contributed by atoms with Crippen molar-refractivity contribution in [1.29, 1.82) is 0 Å². The van der Waals surface area contributed by atoms with Crippen LogP contribution in [0.1, 0.15) is 72.6 Å². The lowest BCUT2D eigenvalue weighted by molar-refractivity contribution is -0.129. The Labute approximate surface area is 124 Å². The highest BCUT2D eigenvalue weighted by Gasteiger charge is 2.39. The summed E-state index contributed by atoms with van der Waals surface area (Å²) < 4.78 is 0. The van der Waals surface area contributed by atoms with Gasteiger partial charge >= 0.3 is 0 Å². The second kappa shape index (κ2) is 6.05. The molecule has 0 aromatic carbocycles. The summed E-state index contributed by atoms with van der Waals surface area (Å²) in [6.45, 7) is 9.96. The SMILES string of the molecule is CC1(C(=O)NC2CCCCC2C(C)(C)C)CCCCN1. The van der Waals surface area contributed by atoms with Gasteiger partial charge in [0, 0.05) is 6.04 Å². The maximum absolute atomic E-state index is 12.7. The van der Waals surface area contributed by atoms with E-state index in [9.17, 15) is 4.79 Å². The van der Waals surface area contributed by atoms with E-state index in [-0.39, 0.29) is 16.9 Å². The van der Waals surface area contributed by atoms with Crippen LogP contribution in [-0.4, -0.2) is 24.0 Å². The van der Waals surface area contributed by atoms with Gasteiger partial charge in [-0.25, -0.2) is 0 Å². The van der Waals surface area contributed by atoms with Gasteiger partial charge in [0.2, 0.25) is 5.91 Å². The smallest absolute Gasteiger partial charge is 0.240 e. The number of hydrogen-bond donors (Lipinski definition) is 2. The summed E-state index contributed by atoms with van der Waals surface area (Å²) in [5.74, 6) is 0.825. The van der Waals surface area contributed by atoms with Crippen molar-refractivity contribution < 1.29 is 4.79 Å². The van der Waals surface area contributed by atoms with E-state index in [4.69, 9.17) is 0 Å². The molecule has 1 saturated heterocycles. The van der Waals surface area contributed by atoms with Crippen molar-refractivity contribution in [3.05, 3.63) is 0 Å². The fourth-order valence-corrected chi connectivity index (χ4v) is 3.92. The van der Waals surface area contributed by atoms with Crippen LogP contribution in [0.25, 0.3) is 0 Å². The monoisotopic (exact) mass is 280 g/mol. The van der Waals surface area contributed by atoms with Crippen LogP contribution in [0.4, 0.5) is 0 Å². The summed E-state index contributed by atoms with van der Waals surface area (Å²) >= 11 is 0. The molecule has 1 aliphatic heterocycles. The van der Waals surface area contributed by atoms with Crippen LogP contribution in [0.15, 0.2) is 0 Å². The second-order valence-electron chi connectivity index (χ2n) is 8.05. The fourth-order valence-electron chi connectivity index (χ4n) is 3.92. The summed E-state index contributed by atoms with van der Waals surface area (Å²) in [5.41, 5.74) is -0.0720. The van der Waals surface area contributed by atoms with E-state index < -0.39 is 0 Å². The van der Waals surface area contributed by atoms with Crippen molar-refractivity contribution >= 4 is 5.91 Å².